The molecule has 0 aliphatic heterocycles. The molecule has 2 rings (SSSR count). The summed E-state index contributed by atoms with van der Waals surface area (Å²) in [5, 5.41) is 12.5. The van der Waals surface area contributed by atoms with Crippen LogP contribution in [0, 0.1) is 5.92 Å². The zero-order chi connectivity index (χ0) is 21.4. The number of hydrogen-bond acceptors (Lipinski definition) is 2. The molecule has 0 amide bonds. The molecule has 0 aliphatic carbocycles. The number of hydrogen-bond donors (Lipinski definition) is 3. The lowest BCUT2D eigenvalue weighted by molar-refractivity contribution is -0.131. The number of carbonyl (C=O) groups is 1. The van der Waals surface area contributed by atoms with Gasteiger partial charge in [-0.2, -0.15) is 0 Å². The molecule has 1 heterocycles. The molecule has 1 aromatic heterocycles. The highest BCUT2D eigenvalue weighted by Gasteiger charge is 2.14. The van der Waals surface area contributed by atoms with E-state index in [1.807, 2.05) is 18.3 Å². The van der Waals surface area contributed by atoms with E-state index in [0.29, 0.717) is 5.92 Å². The summed E-state index contributed by atoms with van der Waals surface area (Å²) in [5.74, 6) is 0.636. The first-order chi connectivity index (χ1) is 14.7. The molecule has 2 aromatic rings. The van der Waals surface area contributed by atoms with E-state index in [1.54, 1.807) is 6.08 Å². The number of rotatable bonds is 16. The summed E-state index contributed by atoms with van der Waals surface area (Å²) in [6.45, 7) is 2.26. The maximum Gasteiger partial charge on any atom is 0.328 e. The summed E-state index contributed by atoms with van der Waals surface area (Å²) >= 11 is 0. The molecule has 0 saturated heterocycles. The summed E-state index contributed by atoms with van der Waals surface area (Å²) in [6.07, 6.45) is 17.1. The van der Waals surface area contributed by atoms with Gasteiger partial charge in [0.25, 0.3) is 0 Å². The SMILES string of the molecule is CCCCCCCCC(CCC(C=CC(=O)O)Nc1ccc[nH]1)Cc1ccccc1. The zero-order valence-electron chi connectivity index (χ0n) is 18.4. The van der Waals surface area contributed by atoms with Crippen LogP contribution in [0.4, 0.5) is 5.82 Å². The van der Waals surface area contributed by atoms with Crippen LogP contribution in [0.25, 0.3) is 0 Å². The van der Waals surface area contributed by atoms with E-state index in [9.17, 15) is 4.79 Å². The van der Waals surface area contributed by atoms with E-state index in [2.05, 4.69) is 47.6 Å². The average Bonchev–Trinajstić information content (AvgIpc) is 3.26. The van der Waals surface area contributed by atoms with Crippen LogP contribution < -0.4 is 5.32 Å². The predicted octanol–water partition coefficient (Wildman–Crippen LogP) is 6.83. The van der Waals surface area contributed by atoms with Crippen LogP contribution in [0.2, 0.25) is 0 Å². The van der Waals surface area contributed by atoms with Crippen molar-refractivity contribution in [1.29, 1.82) is 0 Å². The molecule has 2 unspecified atom stereocenters. The van der Waals surface area contributed by atoms with Crippen LogP contribution in [0.15, 0.2) is 60.8 Å². The first-order valence-electron chi connectivity index (χ1n) is 11.5. The molecule has 0 fully saturated rings. The third kappa shape index (κ3) is 10.3. The molecule has 0 saturated carbocycles. The van der Waals surface area contributed by atoms with Gasteiger partial charge in [-0.05, 0) is 42.9 Å². The molecule has 164 valence electrons. The lowest BCUT2D eigenvalue weighted by Crippen LogP contribution is -2.19. The molecule has 30 heavy (non-hydrogen) atoms. The van der Waals surface area contributed by atoms with E-state index in [4.69, 9.17) is 5.11 Å². The number of anilines is 1. The van der Waals surface area contributed by atoms with Gasteiger partial charge >= 0.3 is 5.97 Å². The van der Waals surface area contributed by atoms with Crippen molar-refractivity contribution in [1.82, 2.24) is 4.98 Å². The third-order valence-electron chi connectivity index (χ3n) is 5.63. The Morgan fingerprint density at radius 1 is 1.00 bits per heavy atom. The Bertz CT molecular complexity index is 710. The van der Waals surface area contributed by atoms with Crippen LogP contribution in [-0.2, 0) is 11.2 Å². The monoisotopic (exact) mass is 410 g/mol. The first-order valence-corrected chi connectivity index (χ1v) is 11.5. The van der Waals surface area contributed by atoms with Crippen LogP contribution in [-0.4, -0.2) is 22.1 Å². The molecule has 2 atom stereocenters. The number of H-pyrrole nitrogens is 1. The van der Waals surface area contributed by atoms with E-state index < -0.39 is 5.97 Å². The molecule has 3 N–H and O–H groups in total. The van der Waals surface area contributed by atoms with E-state index >= 15 is 0 Å². The van der Waals surface area contributed by atoms with Crippen molar-refractivity contribution in [2.24, 2.45) is 5.92 Å². The summed E-state index contributed by atoms with van der Waals surface area (Å²) in [7, 11) is 0. The van der Waals surface area contributed by atoms with Crippen molar-refractivity contribution >= 4 is 11.8 Å². The summed E-state index contributed by atoms with van der Waals surface area (Å²) in [5.41, 5.74) is 1.39. The summed E-state index contributed by atoms with van der Waals surface area (Å²) in [6, 6.07) is 14.6. The minimum absolute atomic E-state index is 0.00239. The normalized spacial score (nSPS) is 13.4. The Morgan fingerprint density at radius 3 is 2.47 bits per heavy atom. The molecule has 0 aliphatic rings. The zero-order valence-corrected chi connectivity index (χ0v) is 18.4. The Hall–Kier alpha value is -2.49. The van der Waals surface area contributed by atoms with Crippen LogP contribution in [0.1, 0.15) is 70.3 Å². The van der Waals surface area contributed by atoms with Gasteiger partial charge in [0.05, 0.1) is 0 Å². The molecule has 0 spiro atoms. The van der Waals surface area contributed by atoms with Gasteiger partial charge in [-0.3, -0.25) is 0 Å². The molecule has 0 bridgehead atoms. The van der Waals surface area contributed by atoms with E-state index in [0.717, 1.165) is 25.1 Å². The van der Waals surface area contributed by atoms with Gasteiger partial charge in [-0.1, -0.05) is 88.3 Å². The van der Waals surface area contributed by atoms with Crippen molar-refractivity contribution < 1.29 is 9.90 Å². The number of benzene rings is 1. The number of nitrogens with one attached hydrogen (secondary N) is 2. The Morgan fingerprint density at radius 2 is 1.77 bits per heavy atom. The van der Waals surface area contributed by atoms with E-state index in [-0.39, 0.29) is 6.04 Å². The van der Waals surface area contributed by atoms with Crippen molar-refractivity contribution in [3.63, 3.8) is 0 Å². The highest BCUT2D eigenvalue weighted by atomic mass is 16.4. The maximum atomic E-state index is 11.0. The fraction of sp³-hybridized carbons (Fsp3) is 0.500. The third-order valence-corrected chi connectivity index (χ3v) is 5.63. The minimum atomic E-state index is -0.902. The molecular weight excluding hydrogens is 372 g/mol. The first kappa shape index (κ1) is 23.8. The number of unbranched alkanes of at least 4 members (excludes halogenated alkanes) is 5. The van der Waals surface area contributed by atoms with Crippen LogP contribution >= 0.6 is 0 Å². The summed E-state index contributed by atoms with van der Waals surface area (Å²) < 4.78 is 0. The second-order valence-corrected chi connectivity index (χ2v) is 8.22. The molecule has 1 aromatic carbocycles. The van der Waals surface area contributed by atoms with Gasteiger partial charge in [0, 0.05) is 18.3 Å². The van der Waals surface area contributed by atoms with Gasteiger partial charge in [-0.15, -0.1) is 0 Å². The Labute approximate surface area is 181 Å². The van der Waals surface area contributed by atoms with Crippen molar-refractivity contribution in [2.45, 2.75) is 77.2 Å². The average molecular weight is 411 g/mol. The maximum absolute atomic E-state index is 11.0. The topological polar surface area (TPSA) is 65.1 Å². The second-order valence-electron chi connectivity index (χ2n) is 8.22. The van der Waals surface area contributed by atoms with Crippen molar-refractivity contribution in [3.05, 3.63) is 66.4 Å². The lowest BCUT2D eigenvalue weighted by atomic mass is 9.88. The predicted molar refractivity (Wildman–Crippen MR) is 126 cm³/mol. The van der Waals surface area contributed by atoms with Crippen LogP contribution in [0.5, 0.6) is 0 Å². The van der Waals surface area contributed by atoms with Gasteiger partial charge in [0.2, 0.25) is 0 Å². The van der Waals surface area contributed by atoms with Gasteiger partial charge in [0.15, 0.2) is 0 Å². The van der Waals surface area contributed by atoms with Gasteiger partial charge in [0.1, 0.15) is 5.82 Å². The van der Waals surface area contributed by atoms with Gasteiger partial charge in [-0.25, -0.2) is 4.79 Å². The number of aromatic nitrogens is 1. The molecule has 4 heteroatoms. The summed E-state index contributed by atoms with van der Waals surface area (Å²) in [4.78, 5) is 14.2. The van der Waals surface area contributed by atoms with Gasteiger partial charge < -0.3 is 15.4 Å². The minimum Gasteiger partial charge on any atom is -0.478 e. The largest absolute Gasteiger partial charge is 0.478 e. The van der Waals surface area contributed by atoms with Crippen LogP contribution in [0.3, 0.4) is 0 Å². The highest BCUT2D eigenvalue weighted by molar-refractivity contribution is 5.79. The number of carboxylic acid groups (broad SMARTS) is 1. The number of aliphatic carboxylic acids is 1. The van der Waals surface area contributed by atoms with E-state index in [1.165, 1.54) is 56.6 Å². The van der Waals surface area contributed by atoms with Crippen molar-refractivity contribution in [3.8, 4) is 0 Å². The Kier molecular flexibility index (Phi) is 11.5. The standard InChI is InChI=1S/C26H38N2O2/c1-2-3-4-5-6-8-14-23(21-22-12-9-7-10-13-22)16-17-24(18-19-26(29)30)28-25-15-11-20-27-25/h7,9-13,15,18-20,23-24,27-28H,2-6,8,14,16-17,21H2,1H3,(H,29,30). The number of aromatic amines is 1. The smallest absolute Gasteiger partial charge is 0.328 e. The fourth-order valence-corrected chi connectivity index (χ4v) is 3.96. The second kappa shape index (κ2) is 14.5. The molecule has 0 radical (unpaired) electrons. The fourth-order valence-electron chi connectivity index (χ4n) is 3.96. The molecular formula is C26H38N2O2. The number of carboxylic acids is 1. The quantitative estimate of drug-likeness (QED) is 0.210. The van der Waals surface area contributed by atoms with Crippen molar-refractivity contribution in [2.75, 3.05) is 5.32 Å². The highest BCUT2D eigenvalue weighted by Crippen LogP contribution is 2.23. The lowest BCUT2D eigenvalue weighted by Gasteiger charge is -2.21. The Balaban J connectivity index is 1.92. The molecule has 4 nitrogen and oxygen atoms in total.